The molecule has 0 bridgehead atoms. The van der Waals surface area contributed by atoms with Crippen LogP contribution in [0.4, 0.5) is 20.5 Å². The van der Waals surface area contributed by atoms with Crippen molar-refractivity contribution in [3.05, 3.63) is 60.4 Å². The number of rotatable bonds is 8. The highest BCUT2D eigenvalue weighted by atomic mass is 32.2. The summed E-state index contributed by atoms with van der Waals surface area (Å²) in [6.07, 6.45) is 5.26. The fourth-order valence-corrected chi connectivity index (χ4v) is 3.81. The van der Waals surface area contributed by atoms with Gasteiger partial charge in [0, 0.05) is 28.9 Å². The second-order valence-electron chi connectivity index (χ2n) is 6.88. The van der Waals surface area contributed by atoms with Gasteiger partial charge in [0.2, 0.25) is 5.88 Å². The van der Waals surface area contributed by atoms with Crippen LogP contribution in [-0.4, -0.2) is 25.7 Å². The molecule has 2 aromatic heterocycles. The molecule has 0 aliphatic rings. The summed E-state index contributed by atoms with van der Waals surface area (Å²) in [7, 11) is 0. The number of fused-ring (bicyclic) bond motifs is 1. The van der Waals surface area contributed by atoms with Crippen LogP contribution in [0, 0.1) is 12.7 Å². The van der Waals surface area contributed by atoms with Crippen LogP contribution < -0.4 is 15.0 Å². The second-order valence-corrected chi connectivity index (χ2v) is 7.78. The molecule has 0 saturated carbocycles. The van der Waals surface area contributed by atoms with Gasteiger partial charge in [-0.25, -0.2) is 24.3 Å². The molecule has 2 N–H and O–H groups in total. The number of ether oxygens (including phenoxy) is 1. The van der Waals surface area contributed by atoms with Gasteiger partial charge in [-0.2, -0.15) is 5.54 Å². The molecule has 0 atom stereocenters. The number of hydrogen-bond acceptors (Lipinski definition) is 8. The molecule has 7 nitrogen and oxygen atoms in total. The van der Waals surface area contributed by atoms with E-state index in [1.54, 1.807) is 12.1 Å². The van der Waals surface area contributed by atoms with Gasteiger partial charge in [0.1, 0.15) is 17.9 Å². The van der Waals surface area contributed by atoms with Gasteiger partial charge < -0.3 is 9.46 Å². The van der Waals surface area contributed by atoms with Crippen molar-refractivity contribution >= 4 is 34.4 Å². The number of nitrogens with zero attached hydrogens (tertiary/aromatic N) is 4. The summed E-state index contributed by atoms with van der Waals surface area (Å²) in [5.74, 6) is 1.09. The number of aromatic nitrogens is 4. The third-order valence-corrected chi connectivity index (χ3v) is 5.63. The maximum absolute atomic E-state index is 14.6. The first-order chi connectivity index (χ1) is 15.6. The standard InChI is InChI=1S/C22H20F2N6OS/c1-3-10-32-30-19-14-5-4-13(2)20(15(14)6-7-17(19)23)31-21-16(11-25-12-27-21)18-8-9-26-22(28-18)29-24/h4-9,11-12,30H,3,10H2,1-2H3,(H,26,28,29). The quantitative estimate of drug-likeness (QED) is 0.188. The molecule has 0 unspecified atom stereocenters. The summed E-state index contributed by atoms with van der Waals surface area (Å²) in [5.41, 5.74) is 3.52. The molecule has 32 heavy (non-hydrogen) atoms. The first-order valence-corrected chi connectivity index (χ1v) is 10.9. The molecule has 10 heteroatoms. The Bertz CT molecular complexity index is 1260. The first kappa shape index (κ1) is 21.7. The van der Waals surface area contributed by atoms with E-state index in [1.807, 2.05) is 19.1 Å². The van der Waals surface area contributed by atoms with E-state index in [9.17, 15) is 8.87 Å². The van der Waals surface area contributed by atoms with Crippen LogP contribution in [0.3, 0.4) is 0 Å². The lowest BCUT2D eigenvalue weighted by Crippen LogP contribution is -1.99. The molecule has 0 aliphatic heterocycles. The average Bonchev–Trinajstić information content (AvgIpc) is 2.82. The number of hydrogen-bond donors (Lipinski definition) is 2. The summed E-state index contributed by atoms with van der Waals surface area (Å²) in [5, 5.41) is 1.42. The molecule has 0 amide bonds. The number of aryl methyl sites for hydroxylation is 1. The number of anilines is 2. The SMILES string of the molecule is CCCSNc1c(F)ccc2c(Oc3ncncc3-c3ccnc(NF)n3)c(C)ccc12. The predicted molar refractivity (Wildman–Crippen MR) is 123 cm³/mol. The summed E-state index contributed by atoms with van der Waals surface area (Å²) in [4.78, 5) is 16.2. The molecule has 4 rings (SSSR count). The van der Waals surface area contributed by atoms with Gasteiger partial charge in [0.05, 0.1) is 16.9 Å². The van der Waals surface area contributed by atoms with Crippen LogP contribution >= 0.6 is 11.9 Å². The minimum atomic E-state index is -0.342. The molecule has 2 aromatic carbocycles. The second kappa shape index (κ2) is 9.73. The molecule has 0 saturated heterocycles. The zero-order valence-corrected chi connectivity index (χ0v) is 18.2. The summed E-state index contributed by atoms with van der Waals surface area (Å²) in [6, 6.07) is 8.42. The third kappa shape index (κ3) is 4.40. The fraction of sp³-hybridized carbons (Fsp3) is 0.182. The van der Waals surface area contributed by atoms with Gasteiger partial charge in [-0.3, -0.25) is 0 Å². The lowest BCUT2D eigenvalue weighted by Gasteiger charge is -2.16. The average molecular weight is 455 g/mol. The van der Waals surface area contributed by atoms with Crippen molar-refractivity contribution in [1.82, 2.24) is 19.9 Å². The van der Waals surface area contributed by atoms with Gasteiger partial charge in [0.25, 0.3) is 5.95 Å². The fourth-order valence-electron chi connectivity index (χ4n) is 3.15. The summed E-state index contributed by atoms with van der Waals surface area (Å²) in [6.45, 7) is 3.96. The third-order valence-electron chi connectivity index (χ3n) is 4.67. The molecule has 0 spiro atoms. The van der Waals surface area contributed by atoms with Crippen LogP contribution in [0.15, 0.2) is 49.1 Å². The molecule has 0 aliphatic carbocycles. The van der Waals surface area contributed by atoms with Crippen molar-refractivity contribution in [2.24, 2.45) is 0 Å². The maximum atomic E-state index is 14.6. The normalized spacial score (nSPS) is 10.9. The maximum Gasteiger partial charge on any atom is 0.251 e. The van der Waals surface area contributed by atoms with Crippen molar-refractivity contribution in [2.45, 2.75) is 20.3 Å². The van der Waals surface area contributed by atoms with Crippen LogP contribution in [0.25, 0.3) is 22.0 Å². The molecule has 0 fully saturated rings. The highest BCUT2D eigenvalue weighted by Crippen LogP contribution is 2.39. The van der Waals surface area contributed by atoms with E-state index < -0.39 is 0 Å². The van der Waals surface area contributed by atoms with Crippen LogP contribution in [0.5, 0.6) is 11.6 Å². The Morgan fingerprint density at radius 2 is 1.94 bits per heavy atom. The van der Waals surface area contributed by atoms with Gasteiger partial charge >= 0.3 is 0 Å². The Morgan fingerprint density at radius 1 is 1.09 bits per heavy atom. The highest BCUT2D eigenvalue weighted by molar-refractivity contribution is 8.00. The first-order valence-electron chi connectivity index (χ1n) is 9.90. The monoisotopic (exact) mass is 454 g/mol. The van der Waals surface area contributed by atoms with Gasteiger partial charge in [0.15, 0.2) is 0 Å². The molecule has 164 valence electrons. The predicted octanol–water partition coefficient (Wildman–Crippen LogP) is 6.09. The van der Waals surface area contributed by atoms with Gasteiger partial charge in [-0.05, 0) is 37.1 Å². The Hall–Kier alpha value is -3.53. The van der Waals surface area contributed by atoms with E-state index in [0.29, 0.717) is 28.1 Å². The van der Waals surface area contributed by atoms with E-state index in [0.717, 1.165) is 23.1 Å². The molecule has 0 radical (unpaired) electrons. The van der Waals surface area contributed by atoms with E-state index in [2.05, 4.69) is 31.6 Å². The van der Waals surface area contributed by atoms with Crippen molar-refractivity contribution in [3.8, 4) is 22.9 Å². The lowest BCUT2D eigenvalue weighted by atomic mass is 10.0. The largest absolute Gasteiger partial charge is 0.437 e. The van der Waals surface area contributed by atoms with E-state index in [-0.39, 0.29) is 17.6 Å². The van der Waals surface area contributed by atoms with E-state index in [4.69, 9.17) is 4.74 Å². The van der Waals surface area contributed by atoms with E-state index >= 15 is 0 Å². The van der Waals surface area contributed by atoms with Crippen LogP contribution in [-0.2, 0) is 0 Å². The Balaban J connectivity index is 1.79. The van der Waals surface area contributed by atoms with Crippen LogP contribution in [0.2, 0.25) is 0 Å². The molecule has 2 heterocycles. The van der Waals surface area contributed by atoms with E-state index in [1.165, 1.54) is 42.3 Å². The number of halogens is 2. The van der Waals surface area contributed by atoms with Crippen molar-refractivity contribution < 1.29 is 13.6 Å². The number of benzene rings is 2. The zero-order chi connectivity index (χ0) is 22.5. The highest BCUT2D eigenvalue weighted by Gasteiger charge is 2.17. The lowest BCUT2D eigenvalue weighted by molar-refractivity contribution is 0.465. The van der Waals surface area contributed by atoms with Gasteiger partial charge in [-0.1, -0.05) is 31.0 Å². The molecular formula is C22H20F2N6OS. The van der Waals surface area contributed by atoms with Gasteiger partial charge in [-0.15, -0.1) is 4.48 Å². The smallest absolute Gasteiger partial charge is 0.251 e. The zero-order valence-electron chi connectivity index (χ0n) is 17.4. The minimum absolute atomic E-state index is 0.186. The van der Waals surface area contributed by atoms with Crippen molar-refractivity contribution in [2.75, 3.05) is 16.0 Å². The van der Waals surface area contributed by atoms with Crippen molar-refractivity contribution in [1.29, 1.82) is 0 Å². The molecule has 4 aromatic rings. The van der Waals surface area contributed by atoms with Crippen molar-refractivity contribution in [3.63, 3.8) is 0 Å². The molecular weight excluding hydrogens is 434 g/mol. The summed E-state index contributed by atoms with van der Waals surface area (Å²) < 4.78 is 36.7. The Labute approximate surface area is 187 Å². The topological polar surface area (TPSA) is 84.8 Å². The minimum Gasteiger partial charge on any atom is -0.437 e. The Kier molecular flexibility index (Phi) is 6.60. The number of nitrogens with one attached hydrogen (secondary N) is 2. The Morgan fingerprint density at radius 3 is 2.75 bits per heavy atom. The van der Waals surface area contributed by atoms with Crippen LogP contribution in [0.1, 0.15) is 18.9 Å². The summed E-state index contributed by atoms with van der Waals surface area (Å²) >= 11 is 1.45.